The molecule has 9 aromatic rings. The molecule has 0 radical (unpaired) electrons. The Hall–Kier alpha value is -6.22. The van der Waals surface area contributed by atoms with Crippen molar-refractivity contribution in [3.63, 3.8) is 0 Å². The molecule has 0 N–H and O–H groups in total. The lowest BCUT2D eigenvalue weighted by atomic mass is 9.82. The normalized spacial score (nSPS) is 12.9. The largest absolute Gasteiger partial charge is 0.310 e. The van der Waals surface area contributed by atoms with Crippen LogP contribution in [0.4, 0.5) is 17.1 Å². The molecule has 1 aliphatic carbocycles. The lowest BCUT2D eigenvalue weighted by Crippen LogP contribution is -2.17. The van der Waals surface area contributed by atoms with Crippen LogP contribution in [0.5, 0.6) is 0 Å². The second-order valence-electron chi connectivity index (χ2n) is 14.5. The van der Waals surface area contributed by atoms with E-state index in [0.717, 1.165) is 17.1 Å². The standard InChI is InChI=1S/C51H37NS/c1-51(2)45-21-11-9-18-41(45)42-31-29-39(33-46(42)51)52(38-16-7-4-8-17-38)47-22-13-20-40(36-26-24-35(25-27-36)34-14-5-3-6-15-34)50(47)37-28-30-44-43-19-10-12-23-48(43)53-49(44)32-37/h3-33H,1-2H3. The highest BCUT2D eigenvalue weighted by Gasteiger charge is 2.36. The molecule has 2 heteroatoms. The third-order valence-electron chi connectivity index (χ3n) is 11.1. The number of para-hydroxylation sites is 1. The van der Waals surface area contributed by atoms with E-state index in [9.17, 15) is 0 Å². The summed E-state index contributed by atoms with van der Waals surface area (Å²) in [5.41, 5.74) is 16.0. The molecule has 0 fully saturated rings. The van der Waals surface area contributed by atoms with Crippen LogP contribution in [0.3, 0.4) is 0 Å². The molecule has 0 unspecified atom stereocenters. The summed E-state index contributed by atoms with van der Waals surface area (Å²) in [5, 5.41) is 2.62. The minimum atomic E-state index is -0.109. The molecule has 1 aromatic heterocycles. The quantitative estimate of drug-likeness (QED) is 0.167. The number of fused-ring (bicyclic) bond motifs is 6. The molecule has 53 heavy (non-hydrogen) atoms. The molecule has 0 saturated carbocycles. The maximum Gasteiger partial charge on any atom is 0.0546 e. The fourth-order valence-corrected chi connectivity index (χ4v) is 9.61. The van der Waals surface area contributed by atoms with Gasteiger partial charge in [0.05, 0.1) is 5.69 Å². The number of rotatable bonds is 6. The molecule has 0 spiro atoms. The van der Waals surface area contributed by atoms with E-state index >= 15 is 0 Å². The summed E-state index contributed by atoms with van der Waals surface area (Å²) in [6.45, 7) is 4.72. The van der Waals surface area contributed by atoms with Gasteiger partial charge in [-0.25, -0.2) is 0 Å². The van der Waals surface area contributed by atoms with Crippen molar-refractivity contribution in [1.29, 1.82) is 0 Å². The summed E-state index contributed by atoms with van der Waals surface area (Å²) in [6.07, 6.45) is 0. The first-order chi connectivity index (χ1) is 26.0. The Morgan fingerprint density at radius 3 is 1.85 bits per heavy atom. The van der Waals surface area contributed by atoms with E-state index in [0.29, 0.717) is 0 Å². The molecule has 0 amide bonds. The van der Waals surface area contributed by atoms with Gasteiger partial charge >= 0.3 is 0 Å². The van der Waals surface area contributed by atoms with Crippen LogP contribution < -0.4 is 4.90 Å². The molecule has 0 saturated heterocycles. The van der Waals surface area contributed by atoms with Crippen LogP contribution in [0, 0.1) is 0 Å². The lowest BCUT2D eigenvalue weighted by Gasteiger charge is -2.30. The smallest absolute Gasteiger partial charge is 0.0546 e. The Morgan fingerprint density at radius 1 is 0.396 bits per heavy atom. The number of benzene rings is 8. The highest BCUT2D eigenvalue weighted by Crippen LogP contribution is 2.52. The van der Waals surface area contributed by atoms with Crippen molar-refractivity contribution in [1.82, 2.24) is 0 Å². The summed E-state index contributed by atoms with van der Waals surface area (Å²) in [6, 6.07) is 69.1. The van der Waals surface area contributed by atoms with E-state index in [1.807, 2.05) is 11.3 Å². The van der Waals surface area contributed by atoms with E-state index in [1.165, 1.54) is 75.8 Å². The fraction of sp³-hybridized carbons (Fsp3) is 0.0588. The van der Waals surface area contributed by atoms with Crippen molar-refractivity contribution in [2.24, 2.45) is 0 Å². The van der Waals surface area contributed by atoms with E-state index in [1.54, 1.807) is 0 Å². The first kappa shape index (κ1) is 31.5. The van der Waals surface area contributed by atoms with Crippen LogP contribution >= 0.6 is 11.3 Å². The minimum absolute atomic E-state index is 0.109. The maximum absolute atomic E-state index is 2.46. The number of nitrogens with zero attached hydrogens (tertiary/aromatic N) is 1. The highest BCUT2D eigenvalue weighted by molar-refractivity contribution is 7.25. The molecule has 10 rings (SSSR count). The summed E-state index contributed by atoms with van der Waals surface area (Å²) >= 11 is 1.87. The third-order valence-corrected chi connectivity index (χ3v) is 12.2. The zero-order valence-corrected chi connectivity index (χ0v) is 30.6. The molecule has 1 aliphatic rings. The Labute approximate surface area is 315 Å². The number of anilines is 3. The first-order valence-electron chi connectivity index (χ1n) is 18.3. The van der Waals surface area contributed by atoms with Gasteiger partial charge in [-0.05, 0) is 92.5 Å². The monoisotopic (exact) mass is 695 g/mol. The fourth-order valence-electron chi connectivity index (χ4n) is 8.46. The molecule has 1 nitrogen and oxygen atoms in total. The third kappa shape index (κ3) is 5.21. The van der Waals surface area contributed by atoms with Crippen molar-refractivity contribution < 1.29 is 0 Å². The van der Waals surface area contributed by atoms with Crippen LogP contribution in [0.25, 0.3) is 64.7 Å². The molecule has 1 heterocycles. The Bertz CT molecular complexity index is 2790. The van der Waals surface area contributed by atoms with Crippen LogP contribution in [-0.4, -0.2) is 0 Å². The number of hydrogen-bond donors (Lipinski definition) is 0. The van der Waals surface area contributed by atoms with E-state index in [-0.39, 0.29) is 5.41 Å². The summed E-state index contributed by atoms with van der Waals surface area (Å²) in [7, 11) is 0. The summed E-state index contributed by atoms with van der Waals surface area (Å²) < 4.78 is 2.62. The molecule has 252 valence electrons. The maximum atomic E-state index is 2.46. The molecular weight excluding hydrogens is 659 g/mol. The molecule has 8 aromatic carbocycles. The van der Waals surface area contributed by atoms with Gasteiger partial charge in [-0.1, -0.05) is 159 Å². The van der Waals surface area contributed by atoms with Gasteiger partial charge in [0.25, 0.3) is 0 Å². The van der Waals surface area contributed by atoms with E-state index < -0.39 is 0 Å². The zero-order valence-electron chi connectivity index (χ0n) is 29.8. The number of hydrogen-bond acceptors (Lipinski definition) is 2. The second kappa shape index (κ2) is 12.5. The van der Waals surface area contributed by atoms with E-state index in [4.69, 9.17) is 0 Å². The van der Waals surface area contributed by atoms with Gasteiger partial charge in [0.1, 0.15) is 0 Å². The highest BCUT2D eigenvalue weighted by atomic mass is 32.1. The van der Waals surface area contributed by atoms with Gasteiger partial charge < -0.3 is 4.90 Å². The van der Waals surface area contributed by atoms with Crippen LogP contribution in [0.1, 0.15) is 25.0 Å². The SMILES string of the molecule is CC1(C)c2ccccc2-c2ccc(N(c3ccccc3)c3cccc(-c4ccc(-c5ccccc5)cc4)c3-c3ccc4c(c3)sc3ccccc34)cc21. The average molecular weight is 696 g/mol. The summed E-state index contributed by atoms with van der Waals surface area (Å²) in [5.74, 6) is 0. The molecular formula is C51H37NS. The predicted molar refractivity (Wildman–Crippen MR) is 228 cm³/mol. The van der Waals surface area contributed by atoms with Crippen molar-refractivity contribution in [2.45, 2.75) is 19.3 Å². The van der Waals surface area contributed by atoms with Gasteiger partial charge in [-0.3, -0.25) is 0 Å². The van der Waals surface area contributed by atoms with Crippen molar-refractivity contribution in [3.05, 3.63) is 199 Å². The Balaban J connectivity index is 1.21. The van der Waals surface area contributed by atoms with Gasteiger partial charge in [-0.2, -0.15) is 0 Å². The topological polar surface area (TPSA) is 3.24 Å². The second-order valence-corrected chi connectivity index (χ2v) is 15.6. The van der Waals surface area contributed by atoms with Gasteiger partial charge in [-0.15, -0.1) is 11.3 Å². The van der Waals surface area contributed by atoms with Crippen LogP contribution in [0.15, 0.2) is 188 Å². The van der Waals surface area contributed by atoms with E-state index in [2.05, 4.69) is 207 Å². The minimum Gasteiger partial charge on any atom is -0.310 e. The van der Waals surface area contributed by atoms with Gasteiger partial charge in [0.2, 0.25) is 0 Å². The Kier molecular flexibility index (Phi) is 7.42. The van der Waals surface area contributed by atoms with Gasteiger partial charge in [0.15, 0.2) is 0 Å². The molecule has 0 aliphatic heterocycles. The van der Waals surface area contributed by atoms with Crippen molar-refractivity contribution in [2.75, 3.05) is 4.90 Å². The Morgan fingerprint density at radius 2 is 1.02 bits per heavy atom. The predicted octanol–water partition coefficient (Wildman–Crippen LogP) is 14.8. The first-order valence-corrected chi connectivity index (χ1v) is 19.2. The summed E-state index contributed by atoms with van der Waals surface area (Å²) in [4.78, 5) is 2.46. The van der Waals surface area contributed by atoms with Gasteiger partial charge in [0, 0.05) is 42.5 Å². The molecule has 0 bridgehead atoms. The molecule has 0 atom stereocenters. The van der Waals surface area contributed by atoms with Crippen molar-refractivity contribution >= 4 is 48.6 Å². The van der Waals surface area contributed by atoms with Crippen LogP contribution in [0.2, 0.25) is 0 Å². The zero-order chi connectivity index (χ0) is 35.5. The van der Waals surface area contributed by atoms with Crippen molar-refractivity contribution in [3.8, 4) is 44.5 Å². The number of thiophene rings is 1. The van der Waals surface area contributed by atoms with Crippen LogP contribution in [-0.2, 0) is 5.41 Å². The lowest BCUT2D eigenvalue weighted by molar-refractivity contribution is 0.660. The average Bonchev–Trinajstić information content (AvgIpc) is 3.70.